The van der Waals surface area contributed by atoms with Crippen LogP contribution in [0, 0.1) is 5.92 Å². The summed E-state index contributed by atoms with van der Waals surface area (Å²) in [4.78, 5) is 16.3. The Morgan fingerprint density at radius 3 is 2.50 bits per heavy atom. The van der Waals surface area contributed by atoms with Crippen LogP contribution in [0.15, 0.2) is 66.1 Å². The van der Waals surface area contributed by atoms with Crippen LogP contribution in [0.4, 0.5) is 13.2 Å². The third-order valence-corrected chi connectivity index (χ3v) is 5.81. The normalized spacial score (nSPS) is 16.6. The number of nitrogens with zero attached hydrogens (tertiary/aromatic N) is 1. The van der Waals surface area contributed by atoms with Crippen molar-refractivity contribution in [2.24, 2.45) is 5.92 Å². The SMILES string of the molecule is CCCCC(OC1=CC=C(OCC(=O)OCC)C(C)C1)c1cccc(-c2ccc(C(F)(F)F)cc2)n1. The largest absolute Gasteiger partial charge is 0.488 e. The van der Waals surface area contributed by atoms with Crippen LogP contribution in [-0.4, -0.2) is 24.2 Å². The molecule has 0 amide bonds. The van der Waals surface area contributed by atoms with Crippen molar-refractivity contribution in [3.8, 4) is 11.3 Å². The summed E-state index contributed by atoms with van der Waals surface area (Å²) in [6, 6.07) is 10.5. The lowest BCUT2D eigenvalue weighted by atomic mass is 9.98. The number of allylic oxidation sites excluding steroid dienone is 4. The van der Waals surface area contributed by atoms with Crippen LogP contribution in [0.25, 0.3) is 11.3 Å². The molecular weight excluding hydrogens is 471 g/mol. The van der Waals surface area contributed by atoms with E-state index in [1.807, 2.05) is 31.2 Å². The zero-order chi connectivity index (χ0) is 26.1. The van der Waals surface area contributed by atoms with Gasteiger partial charge in [-0.05, 0) is 56.2 Å². The van der Waals surface area contributed by atoms with E-state index in [2.05, 4.69) is 6.92 Å². The molecule has 1 aliphatic carbocycles. The van der Waals surface area contributed by atoms with Gasteiger partial charge in [0, 0.05) is 17.9 Å². The summed E-state index contributed by atoms with van der Waals surface area (Å²) < 4.78 is 55.7. The van der Waals surface area contributed by atoms with Crippen molar-refractivity contribution in [2.45, 2.75) is 58.7 Å². The number of carbonyl (C=O) groups is 1. The molecule has 2 unspecified atom stereocenters. The number of carbonyl (C=O) groups excluding carboxylic acids is 1. The maximum atomic E-state index is 12.9. The van der Waals surface area contributed by atoms with Gasteiger partial charge in [-0.15, -0.1) is 0 Å². The third-order valence-electron chi connectivity index (χ3n) is 5.81. The van der Waals surface area contributed by atoms with Crippen LogP contribution in [0.1, 0.15) is 63.8 Å². The van der Waals surface area contributed by atoms with Crippen LogP contribution in [0.3, 0.4) is 0 Å². The summed E-state index contributed by atoms with van der Waals surface area (Å²) in [5.74, 6) is 1.10. The number of hydrogen-bond acceptors (Lipinski definition) is 5. The van der Waals surface area contributed by atoms with Crippen molar-refractivity contribution in [1.29, 1.82) is 0 Å². The van der Waals surface area contributed by atoms with Gasteiger partial charge in [0.1, 0.15) is 11.9 Å². The molecule has 0 N–H and O–H groups in total. The summed E-state index contributed by atoms with van der Waals surface area (Å²) >= 11 is 0. The molecule has 0 fully saturated rings. The van der Waals surface area contributed by atoms with Crippen LogP contribution in [0.5, 0.6) is 0 Å². The highest BCUT2D eigenvalue weighted by atomic mass is 19.4. The Morgan fingerprint density at radius 1 is 1.11 bits per heavy atom. The Morgan fingerprint density at radius 2 is 1.86 bits per heavy atom. The van der Waals surface area contributed by atoms with Crippen molar-refractivity contribution in [2.75, 3.05) is 13.2 Å². The number of pyridine rings is 1. The maximum absolute atomic E-state index is 12.9. The van der Waals surface area contributed by atoms with Gasteiger partial charge in [0.15, 0.2) is 6.61 Å². The topological polar surface area (TPSA) is 57.7 Å². The average Bonchev–Trinajstić information content (AvgIpc) is 2.86. The van der Waals surface area contributed by atoms with Gasteiger partial charge in [-0.1, -0.05) is 38.5 Å². The van der Waals surface area contributed by atoms with Crippen LogP contribution >= 0.6 is 0 Å². The molecule has 1 aromatic carbocycles. The summed E-state index contributed by atoms with van der Waals surface area (Å²) in [5, 5.41) is 0. The first kappa shape index (κ1) is 27.3. The lowest BCUT2D eigenvalue weighted by molar-refractivity contribution is -0.147. The van der Waals surface area contributed by atoms with Crippen LogP contribution in [0.2, 0.25) is 0 Å². The Labute approximate surface area is 210 Å². The molecule has 0 spiro atoms. The van der Waals surface area contributed by atoms with Gasteiger partial charge in [0.25, 0.3) is 0 Å². The first-order chi connectivity index (χ1) is 17.2. The molecule has 0 bridgehead atoms. The summed E-state index contributed by atoms with van der Waals surface area (Å²) in [6.45, 7) is 6.02. The second-order valence-corrected chi connectivity index (χ2v) is 8.67. The van der Waals surface area contributed by atoms with Crippen molar-refractivity contribution in [3.63, 3.8) is 0 Å². The van der Waals surface area contributed by atoms with Crippen molar-refractivity contribution in [1.82, 2.24) is 4.98 Å². The minimum atomic E-state index is -4.38. The van der Waals surface area contributed by atoms with E-state index in [1.54, 1.807) is 13.0 Å². The van der Waals surface area contributed by atoms with E-state index >= 15 is 0 Å². The van der Waals surface area contributed by atoms with E-state index in [-0.39, 0.29) is 18.6 Å². The van der Waals surface area contributed by atoms with Gasteiger partial charge < -0.3 is 14.2 Å². The number of unbranched alkanes of at least 4 members (excludes halogenated alkanes) is 1. The third kappa shape index (κ3) is 7.60. The number of esters is 1. The number of aromatic nitrogens is 1. The van der Waals surface area contributed by atoms with Crippen LogP contribution < -0.4 is 0 Å². The van der Waals surface area contributed by atoms with E-state index in [9.17, 15) is 18.0 Å². The average molecular weight is 504 g/mol. The number of benzene rings is 1. The molecule has 2 atom stereocenters. The molecule has 0 aliphatic heterocycles. The second kappa shape index (κ2) is 12.6. The van der Waals surface area contributed by atoms with Crippen molar-refractivity contribution in [3.05, 3.63) is 77.4 Å². The highest BCUT2D eigenvalue weighted by Gasteiger charge is 2.30. The molecule has 0 saturated heterocycles. The Hall–Kier alpha value is -3.29. The van der Waals surface area contributed by atoms with Crippen LogP contribution in [-0.2, 0) is 25.2 Å². The van der Waals surface area contributed by atoms with Gasteiger partial charge in [-0.25, -0.2) is 9.78 Å². The number of alkyl halides is 3. The van der Waals surface area contributed by atoms with Gasteiger partial charge in [0.05, 0.1) is 29.3 Å². The zero-order valence-electron chi connectivity index (χ0n) is 20.8. The molecule has 8 heteroatoms. The zero-order valence-corrected chi connectivity index (χ0v) is 20.8. The molecule has 1 heterocycles. The van der Waals surface area contributed by atoms with Crippen molar-refractivity contribution < 1.29 is 32.2 Å². The van der Waals surface area contributed by atoms with Crippen molar-refractivity contribution >= 4 is 5.97 Å². The fourth-order valence-electron chi connectivity index (χ4n) is 3.89. The monoisotopic (exact) mass is 503 g/mol. The standard InChI is InChI=1S/C28H32F3NO4/c1-4-6-10-26(36-22-15-16-25(19(3)17-22)35-18-27(33)34-5-2)24-9-7-8-23(32-24)20-11-13-21(14-12-20)28(29,30)31/h7-9,11-16,19,26H,4-6,10,17-18H2,1-3H3. The van der Waals surface area contributed by atoms with Gasteiger partial charge >= 0.3 is 12.1 Å². The molecule has 0 saturated carbocycles. The molecule has 2 aromatic rings. The predicted octanol–water partition coefficient (Wildman–Crippen LogP) is 7.40. The summed E-state index contributed by atoms with van der Waals surface area (Å²) in [7, 11) is 0. The smallest absolute Gasteiger partial charge is 0.416 e. The van der Waals surface area contributed by atoms with Gasteiger partial charge in [-0.2, -0.15) is 13.2 Å². The van der Waals surface area contributed by atoms with E-state index in [0.29, 0.717) is 30.0 Å². The fourth-order valence-corrected chi connectivity index (χ4v) is 3.89. The summed E-state index contributed by atoms with van der Waals surface area (Å²) in [5.41, 5.74) is 1.23. The number of ether oxygens (including phenoxy) is 3. The molecule has 194 valence electrons. The minimum absolute atomic E-state index is 0.0256. The van der Waals surface area contributed by atoms with E-state index in [0.717, 1.165) is 42.8 Å². The second-order valence-electron chi connectivity index (χ2n) is 8.67. The van der Waals surface area contributed by atoms with Gasteiger partial charge in [0.2, 0.25) is 0 Å². The molecule has 36 heavy (non-hydrogen) atoms. The highest BCUT2D eigenvalue weighted by Crippen LogP contribution is 2.34. The number of rotatable bonds is 11. The fraction of sp³-hybridized carbons (Fsp3) is 0.429. The molecule has 3 rings (SSSR count). The Balaban J connectivity index is 1.76. The Kier molecular flexibility index (Phi) is 9.56. The highest BCUT2D eigenvalue weighted by molar-refractivity contribution is 5.70. The van der Waals surface area contributed by atoms with E-state index in [1.165, 1.54) is 12.1 Å². The predicted molar refractivity (Wildman–Crippen MR) is 131 cm³/mol. The lowest BCUT2D eigenvalue weighted by Crippen LogP contribution is -2.17. The molecule has 1 aromatic heterocycles. The minimum Gasteiger partial charge on any atom is -0.488 e. The first-order valence-electron chi connectivity index (χ1n) is 12.2. The first-order valence-corrected chi connectivity index (χ1v) is 12.2. The van der Waals surface area contributed by atoms with E-state index < -0.39 is 17.7 Å². The molecular formula is C28H32F3NO4. The molecule has 0 radical (unpaired) electrons. The molecule has 1 aliphatic rings. The lowest BCUT2D eigenvalue weighted by Gasteiger charge is -2.26. The van der Waals surface area contributed by atoms with E-state index in [4.69, 9.17) is 19.2 Å². The quantitative estimate of drug-likeness (QED) is 0.299. The Bertz CT molecular complexity index is 1080. The number of halogens is 3. The maximum Gasteiger partial charge on any atom is 0.416 e. The summed E-state index contributed by atoms with van der Waals surface area (Å²) in [6.07, 6.45) is 2.26. The van der Waals surface area contributed by atoms with Gasteiger partial charge in [-0.3, -0.25) is 0 Å². The number of hydrogen-bond donors (Lipinski definition) is 0. The molecule has 5 nitrogen and oxygen atoms in total.